The number of aliphatic hydroxyl groups excluding tert-OH is 1. The number of aliphatic hydroxyl groups is 1. The molecule has 0 aliphatic rings. The summed E-state index contributed by atoms with van der Waals surface area (Å²) in [5.41, 5.74) is 2.46. The molecule has 0 saturated carbocycles. The van der Waals surface area contributed by atoms with Crippen LogP contribution in [-0.2, 0) is 22.5 Å². The molecule has 0 aliphatic carbocycles. The van der Waals surface area contributed by atoms with Crippen molar-refractivity contribution in [3.05, 3.63) is 107 Å². The first kappa shape index (κ1) is 32.0. The average molecular weight is 586 g/mol. The van der Waals surface area contributed by atoms with E-state index in [-0.39, 0.29) is 23.7 Å². The molecule has 0 bridgehead atoms. The van der Waals surface area contributed by atoms with Crippen molar-refractivity contribution in [3.63, 3.8) is 0 Å². The van der Waals surface area contributed by atoms with Gasteiger partial charge in [0.2, 0.25) is 0 Å². The maximum Gasteiger partial charge on any atom is 0.342 e. The number of nitrogens with one attached hydrogen (secondary N) is 1. The van der Waals surface area contributed by atoms with E-state index in [1.165, 1.54) is 11.6 Å². The molecule has 0 amide bonds. The largest absolute Gasteiger partial charge is 0.508 e. The third kappa shape index (κ3) is 9.82. The average Bonchev–Trinajstić information content (AvgIpc) is 3.03. The van der Waals surface area contributed by atoms with Crippen molar-refractivity contribution in [3.8, 4) is 11.5 Å². The Labute approximate surface area is 254 Å². The number of unbranched alkanes of at least 4 members (excludes halogenated alkanes) is 4. The van der Waals surface area contributed by atoms with Gasteiger partial charge < -0.3 is 30.1 Å². The van der Waals surface area contributed by atoms with Crippen molar-refractivity contribution in [2.24, 2.45) is 0 Å². The first-order valence-corrected chi connectivity index (χ1v) is 15.2. The molecule has 0 radical (unpaired) electrons. The van der Waals surface area contributed by atoms with Crippen LogP contribution in [0.1, 0.15) is 71.7 Å². The van der Waals surface area contributed by atoms with Gasteiger partial charge in [-0.25, -0.2) is 4.79 Å². The number of rotatable bonds is 18. The van der Waals surface area contributed by atoms with Crippen LogP contribution in [0.4, 0.5) is 0 Å². The van der Waals surface area contributed by atoms with Crippen molar-refractivity contribution < 1.29 is 29.6 Å². The van der Waals surface area contributed by atoms with Crippen LogP contribution in [0.3, 0.4) is 0 Å². The highest BCUT2D eigenvalue weighted by molar-refractivity contribution is 6.01. The van der Waals surface area contributed by atoms with Gasteiger partial charge in [-0.3, -0.25) is 0 Å². The highest BCUT2D eigenvalue weighted by Gasteiger charge is 2.22. The lowest BCUT2D eigenvalue weighted by molar-refractivity contribution is 0.0294. The van der Waals surface area contributed by atoms with Crippen molar-refractivity contribution in [2.45, 2.75) is 57.7 Å². The fourth-order valence-electron chi connectivity index (χ4n) is 5.09. The van der Waals surface area contributed by atoms with Crippen LogP contribution in [-0.4, -0.2) is 47.6 Å². The molecule has 43 heavy (non-hydrogen) atoms. The first-order valence-electron chi connectivity index (χ1n) is 15.2. The molecule has 0 heterocycles. The minimum atomic E-state index is -0.681. The number of phenolic OH excluding ortho intramolecular Hbond substituents is 1. The standard InChI is InChI=1S/C36H43NO6/c38-26-30-24-29(18-20-33(30)39)34(43-36(41)32-19-17-28-15-6-7-16-31(28)35(32)40)25-37-21-9-1-2-10-22-42-23-11-8-14-27-12-4-3-5-13-27/h3-7,12-13,15-20,24,34,37-40H,1-2,8-11,14,21-23,25-26H2/t34-/m1/s1. The van der Waals surface area contributed by atoms with Gasteiger partial charge >= 0.3 is 5.97 Å². The van der Waals surface area contributed by atoms with Gasteiger partial charge in [-0.1, -0.05) is 79.6 Å². The van der Waals surface area contributed by atoms with Crippen molar-refractivity contribution in [1.29, 1.82) is 0 Å². The minimum Gasteiger partial charge on any atom is -0.508 e. The van der Waals surface area contributed by atoms with E-state index in [4.69, 9.17) is 9.47 Å². The molecule has 228 valence electrons. The number of ether oxygens (including phenoxy) is 2. The highest BCUT2D eigenvalue weighted by Crippen LogP contribution is 2.31. The van der Waals surface area contributed by atoms with Crippen molar-refractivity contribution >= 4 is 16.7 Å². The van der Waals surface area contributed by atoms with E-state index in [0.29, 0.717) is 23.1 Å². The van der Waals surface area contributed by atoms with E-state index in [1.54, 1.807) is 36.4 Å². The Balaban J connectivity index is 1.19. The number of aromatic hydroxyl groups is 2. The van der Waals surface area contributed by atoms with Crippen LogP contribution in [0, 0.1) is 0 Å². The van der Waals surface area contributed by atoms with Crippen LogP contribution in [0.5, 0.6) is 11.5 Å². The molecule has 0 unspecified atom stereocenters. The smallest absolute Gasteiger partial charge is 0.342 e. The first-order chi connectivity index (χ1) is 21.1. The Morgan fingerprint density at radius 2 is 1.53 bits per heavy atom. The predicted molar refractivity (Wildman–Crippen MR) is 169 cm³/mol. The van der Waals surface area contributed by atoms with Gasteiger partial charge in [-0.15, -0.1) is 0 Å². The van der Waals surface area contributed by atoms with Crippen LogP contribution in [0.15, 0.2) is 84.9 Å². The van der Waals surface area contributed by atoms with Gasteiger partial charge in [0.05, 0.1) is 6.61 Å². The molecule has 4 rings (SSSR count). The summed E-state index contributed by atoms with van der Waals surface area (Å²) in [7, 11) is 0. The fourth-order valence-corrected chi connectivity index (χ4v) is 5.09. The SMILES string of the molecule is O=C(O[C@H](CNCCCCCCOCCCCc1ccccc1)c1ccc(O)c(CO)c1)c1ccc2ccccc2c1O. The zero-order valence-electron chi connectivity index (χ0n) is 24.7. The lowest BCUT2D eigenvalue weighted by Gasteiger charge is -2.20. The number of hydrogen-bond acceptors (Lipinski definition) is 7. The second-order valence-electron chi connectivity index (χ2n) is 10.8. The summed E-state index contributed by atoms with van der Waals surface area (Å²) in [5, 5.41) is 35.2. The molecule has 0 aliphatic heterocycles. The summed E-state index contributed by atoms with van der Waals surface area (Å²) in [6, 6.07) is 26.0. The Kier molecular flexibility index (Phi) is 12.9. The van der Waals surface area contributed by atoms with Gasteiger partial charge in [0.1, 0.15) is 23.2 Å². The molecule has 0 spiro atoms. The fraction of sp³-hybridized carbons (Fsp3) is 0.361. The molecule has 0 aromatic heterocycles. The predicted octanol–water partition coefficient (Wildman–Crippen LogP) is 6.83. The number of phenols is 2. The van der Waals surface area contributed by atoms with E-state index in [2.05, 4.69) is 29.6 Å². The minimum absolute atomic E-state index is 0.0207. The zero-order chi connectivity index (χ0) is 30.3. The van der Waals surface area contributed by atoms with Crippen molar-refractivity contribution in [2.75, 3.05) is 26.3 Å². The second kappa shape index (κ2) is 17.3. The second-order valence-corrected chi connectivity index (χ2v) is 10.8. The van der Waals surface area contributed by atoms with E-state index < -0.39 is 12.1 Å². The maximum absolute atomic E-state index is 13.2. The maximum atomic E-state index is 13.2. The Morgan fingerprint density at radius 3 is 2.35 bits per heavy atom. The van der Waals surface area contributed by atoms with Crippen molar-refractivity contribution in [1.82, 2.24) is 5.32 Å². The molecule has 4 N–H and O–H groups in total. The highest BCUT2D eigenvalue weighted by atomic mass is 16.5. The number of hydrogen-bond donors (Lipinski definition) is 4. The number of fused-ring (bicyclic) bond motifs is 1. The number of aryl methyl sites for hydroxylation is 1. The van der Waals surface area contributed by atoms with E-state index >= 15 is 0 Å². The summed E-state index contributed by atoms with van der Waals surface area (Å²) in [6.07, 6.45) is 6.79. The van der Waals surface area contributed by atoms with Gasteiger partial charge in [0.25, 0.3) is 0 Å². The molecular weight excluding hydrogens is 542 g/mol. The third-order valence-electron chi connectivity index (χ3n) is 7.58. The summed E-state index contributed by atoms with van der Waals surface area (Å²) >= 11 is 0. The quantitative estimate of drug-likeness (QED) is 0.0749. The van der Waals surface area contributed by atoms with Crippen LogP contribution < -0.4 is 5.32 Å². The molecule has 0 saturated heterocycles. The van der Waals surface area contributed by atoms with E-state index in [1.807, 2.05) is 18.2 Å². The van der Waals surface area contributed by atoms with Crippen LogP contribution >= 0.6 is 0 Å². The van der Waals surface area contributed by atoms with Gasteiger partial charge in [-0.05, 0) is 73.4 Å². The van der Waals surface area contributed by atoms with E-state index in [0.717, 1.165) is 70.1 Å². The summed E-state index contributed by atoms with van der Waals surface area (Å²) in [6.45, 7) is 2.35. The monoisotopic (exact) mass is 585 g/mol. The third-order valence-corrected chi connectivity index (χ3v) is 7.58. The Bertz CT molecular complexity index is 1420. The normalized spacial score (nSPS) is 11.9. The number of benzene rings is 4. The molecule has 4 aromatic rings. The molecule has 7 heteroatoms. The van der Waals surface area contributed by atoms with Gasteiger partial charge in [-0.2, -0.15) is 0 Å². The van der Waals surface area contributed by atoms with Gasteiger partial charge in [0, 0.05) is 30.7 Å². The lowest BCUT2D eigenvalue weighted by Crippen LogP contribution is -2.26. The molecule has 7 nitrogen and oxygen atoms in total. The molecular formula is C36H43NO6. The molecule has 0 fully saturated rings. The van der Waals surface area contributed by atoms with Crippen LogP contribution in [0.2, 0.25) is 0 Å². The summed E-state index contributed by atoms with van der Waals surface area (Å²) < 4.78 is 11.7. The zero-order valence-corrected chi connectivity index (χ0v) is 24.7. The number of esters is 1. The number of carbonyl (C=O) groups excluding carboxylic acids is 1. The Morgan fingerprint density at radius 1 is 0.791 bits per heavy atom. The Hall–Kier alpha value is -3.91. The summed E-state index contributed by atoms with van der Waals surface area (Å²) in [4.78, 5) is 13.2. The molecule has 4 aromatic carbocycles. The molecule has 1 atom stereocenters. The lowest BCUT2D eigenvalue weighted by atomic mass is 10.0. The topological polar surface area (TPSA) is 108 Å². The number of carbonyl (C=O) groups is 1. The van der Waals surface area contributed by atoms with Gasteiger partial charge in [0.15, 0.2) is 0 Å². The van der Waals surface area contributed by atoms with Crippen LogP contribution in [0.25, 0.3) is 10.8 Å². The summed E-state index contributed by atoms with van der Waals surface area (Å²) in [5.74, 6) is -0.783. The van der Waals surface area contributed by atoms with E-state index in [9.17, 15) is 20.1 Å².